The quantitative estimate of drug-likeness (QED) is 0.754. The standard InChI is InChI=1S/C16H15ClF3NO4S/c1-2-25-14-6-4-12(7-10(14)9-22)21-26(23,24)15-8-11(16(18,19)20)3-5-13(15)17/h3-8,21-22H,2,9H2,1H3. The minimum Gasteiger partial charge on any atom is -0.494 e. The summed E-state index contributed by atoms with van der Waals surface area (Å²) in [5.74, 6) is 0.370. The molecule has 2 N–H and O–H groups in total. The Hall–Kier alpha value is -1.97. The number of sulfonamides is 1. The summed E-state index contributed by atoms with van der Waals surface area (Å²) in [6.07, 6.45) is -4.71. The number of rotatable bonds is 6. The molecule has 5 nitrogen and oxygen atoms in total. The fraction of sp³-hybridized carbons (Fsp3) is 0.250. The van der Waals surface area contributed by atoms with Crippen LogP contribution in [-0.4, -0.2) is 20.1 Å². The van der Waals surface area contributed by atoms with Crippen LogP contribution in [0, 0.1) is 0 Å². The third-order valence-electron chi connectivity index (χ3n) is 3.33. The Bertz CT molecular complexity index is 901. The molecule has 0 atom stereocenters. The van der Waals surface area contributed by atoms with E-state index < -0.39 is 33.3 Å². The first kappa shape index (κ1) is 20.3. The molecule has 0 unspecified atom stereocenters. The van der Waals surface area contributed by atoms with Gasteiger partial charge in [-0.05, 0) is 43.3 Å². The van der Waals surface area contributed by atoms with Gasteiger partial charge in [0.05, 0.1) is 23.8 Å². The topological polar surface area (TPSA) is 75.6 Å². The predicted molar refractivity (Wildman–Crippen MR) is 90.8 cm³/mol. The van der Waals surface area contributed by atoms with Crippen LogP contribution in [0.15, 0.2) is 41.3 Å². The molecule has 10 heteroatoms. The van der Waals surface area contributed by atoms with E-state index in [0.29, 0.717) is 30.1 Å². The van der Waals surface area contributed by atoms with Gasteiger partial charge >= 0.3 is 6.18 Å². The second-order valence-electron chi connectivity index (χ2n) is 5.16. The molecular weight excluding hydrogens is 395 g/mol. The molecule has 0 heterocycles. The number of anilines is 1. The highest BCUT2D eigenvalue weighted by atomic mass is 35.5. The summed E-state index contributed by atoms with van der Waals surface area (Å²) in [7, 11) is -4.38. The van der Waals surface area contributed by atoms with Crippen molar-refractivity contribution in [2.24, 2.45) is 0 Å². The molecule has 0 aliphatic carbocycles. The van der Waals surface area contributed by atoms with Crippen LogP contribution >= 0.6 is 11.6 Å². The van der Waals surface area contributed by atoms with Crippen LogP contribution in [0.3, 0.4) is 0 Å². The van der Waals surface area contributed by atoms with Crippen molar-refractivity contribution in [1.82, 2.24) is 0 Å². The van der Waals surface area contributed by atoms with Gasteiger partial charge in [-0.1, -0.05) is 11.6 Å². The molecular formula is C16H15ClF3NO4S. The maximum Gasteiger partial charge on any atom is 0.416 e. The number of aliphatic hydroxyl groups is 1. The van der Waals surface area contributed by atoms with Crippen LogP contribution in [0.1, 0.15) is 18.1 Å². The van der Waals surface area contributed by atoms with Crippen LogP contribution in [0.5, 0.6) is 5.75 Å². The molecule has 0 bridgehead atoms. The summed E-state index contributed by atoms with van der Waals surface area (Å²) in [6, 6.07) is 6.17. The Labute approximate surface area is 153 Å². The fourth-order valence-corrected chi connectivity index (χ4v) is 3.73. The lowest BCUT2D eigenvalue weighted by atomic mass is 10.2. The number of hydrogen-bond acceptors (Lipinski definition) is 4. The predicted octanol–water partition coefficient (Wildman–Crippen LogP) is 4.05. The molecule has 0 spiro atoms. The van der Waals surface area contributed by atoms with Crippen LogP contribution < -0.4 is 9.46 Å². The van der Waals surface area contributed by atoms with Crippen LogP contribution in [0.25, 0.3) is 0 Å². The number of ether oxygens (including phenoxy) is 1. The average molecular weight is 410 g/mol. The van der Waals surface area contributed by atoms with Gasteiger partial charge in [0.15, 0.2) is 0 Å². The normalized spacial score (nSPS) is 12.1. The Kier molecular flexibility index (Phi) is 6.05. The molecule has 2 rings (SSSR count). The number of hydrogen-bond donors (Lipinski definition) is 2. The third kappa shape index (κ3) is 4.60. The van der Waals surface area contributed by atoms with Crippen molar-refractivity contribution in [3.63, 3.8) is 0 Å². The molecule has 0 aliphatic heterocycles. The van der Waals surface area contributed by atoms with Gasteiger partial charge in [0.2, 0.25) is 0 Å². The van der Waals surface area contributed by atoms with Gasteiger partial charge in [-0.15, -0.1) is 0 Å². The van der Waals surface area contributed by atoms with Crippen molar-refractivity contribution in [2.75, 3.05) is 11.3 Å². The highest BCUT2D eigenvalue weighted by Gasteiger charge is 2.32. The third-order valence-corrected chi connectivity index (χ3v) is 5.19. The molecule has 0 saturated heterocycles. The van der Waals surface area contributed by atoms with E-state index in [-0.39, 0.29) is 10.7 Å². The Morgan fingerprint density at radius 2 is 1.88 bits per heavy atom. The first-order chi connectivity index (χ1) is 12.1. The first-order valence-electron chi connectivity index (χ1n) is 7.34. The summed E-state index contributed by atoms with van der Waals surface area (Å²) < 4.78 is 70.8. The van der Waals surface area contributed by atoms with Crippen molar-refractivity contribution in [3.8, 4) is 5.75 Å². The zero-order valence-electron chi connectivity index (χ0n) is 13.5. The van der Waals surface area contributed by atoms with E-state index in [1.54, 1.807) is 6.92 Å². The lowest BCUT2D eigenvalue weighted by Gasteiger charge is -2.14. The van der Waals surface area contributed by atoms with Crippen molar-refractivity contribution < 1.29 is 31.4 Å². The van der Waals surface area contributed by atoms with Gasteiger partial charge in [0.25, 0.3) is 10.0 Å². The number of alkyl halides is 3. The minimum absolute atomic E-state index is 0.0472. The number of aliphatic hydroxyl groups excluding tert-OH is 1. The molecule has 0 aliphatic rings. The summed E-state index contributed by atoms with van der Waals surface area (Å²) in [6.45, 7) is 1.68. The zero-order chi connectivity index (χ0) is 19.5. The van der Waals surface area contributed by atoms with Crippen molar-refractivity contribution in [1.29, 1.82) is 0 Å². The molecule has 0 fully saturated rings. The molecule has 0 aromatic heterocycles. The number of halogens is 4. The Morgan fingerprint density at radius 3 is 2.46 bits per heavy atom. The molecule has 26 heavy (non-hydrogen) atoms. The van der Waals surface area contributed by atoms with Crippen LogP contribution in [-0.2, 0) is 22.8 Å². The van der Waals surface area contributed by atoms with Crippen molar-refractivity contribution in [3.05, 3.63) is 52.5 Å². The van der Waals surface area contributed by atoms with Crippen LogP contribution in [0.4, 0.5) is 18.9 Å². The lowest BCUT2D eigenvalue weighted by molar-refractivity contribution is -0.137. The lowest BCUT2D eigenvalue weighted by Crippen LogP contribution is -2.15. The molecule has 0 amide bonds. The summed E-state index contributed by atoms with van der Waals surface area (Å²) >= 11 is 5.78. The second kappa shape index (κ2) is 7.73. The van der Waals surface area contributed by atoms with Gasteiger partial charge in [-0.25, -0.2) is 8.42 Å². The second-order valence-corrected chi connectivity index (χ2v) is 7.22. The van der Waals surface area contributed by atoms with E-state index in [0.717, 1.165) is 6.07 Å². The number of nitrogens with one attached hydrogen (secondary N) is 1. The van der Waals surface area contributed by atoms with Crippen LogP contribution in [0.2, 0.25) is 5.02 Å². The molecule has 0 radical (unpaired) electrons. The Balaban J connectivity index is 2.40. The van der Waals surface area contributed by atoms with Crippen molar-refractivity contribution >= 4 is 27.3 Å². The van der Waals surface area contributed by atoms with Gasteiger partial charge in [-0.3, -0.25) is 4.72 Å². The highest BCUT2D eigenvalue weighted by molar-refractivity contribution is 7.92. The minimum atomic E-state index is -4.71. The molecule has 2 aromatic carbocycles. The maximum atomic E-state index is 12.8. The monoisotopic (exact) mass is 409 g/mol. The van der Waals surface area contributed by atoms with Crippen molar-refractivity contribution in [2.45, 2.75) is 24.6 Å². The van der Waals surface area contributed by atoms with E-state index >= 15 is 0 Å². The highest BCUT2D eigenvalue weighted by Crippen LogP contribution is 2.34. The molecule has 142 valence electrons. The Morgan fingerprint density at radius 1 is 1.19 bits per heavy atom. The van der Waals surface area contributed by atoms with E-state index in [9.17, 15) is 26.7 Å². The van der Waals surface area contributed by atoms with Gasteiger partial charge in [0.1, 0.15) is 10.6 Å². The van der Waals surface area contributed by atoms with E-state index in [4.69, 9.17) is 16.3 Å². The SMILES string of the molecule is CCOc1ccc(NS(=O)(=O)c2cc(C(F)(F)F)ccc2Cl)cc1CO. The van der Waals surface area contributed by atoms with E-state index in [2.05, 4.69) is 4.72 Å². The van der Waals surface area contributed by atoms with Gasteiger partial charge in [-0.2, -0.15) is 13.2 Å². The fourth-order valence-electron chi connectivity index (χ4n) is 2.16. The van der Waals surface area contributed by atoms with Gasteiger partial charge in [0, 0.05) is 11.3 Å². The number of benzene rings is 2. The molecule has 2 aromatic rings. The average Bonchev–Trinajstić information content (AvgIpc) is 2.55. The largest absolute Gasteiger partial charge is 0.494 e. The molecule has 0 saturated carbocycles. The summed E-state index contributed by atoms with van der Waals surface area (Å²) in [4.78, 5) is -0.701. The smallest absolute Gasteiger partial charge is 0.416 e. The van der Waals surface area contributed by atoms with E-state index in [1.807, 2.05) is 0 Å². The zero-order valence-corrected chi connectivity index (χ0v) is 15.0. The van der Waals surface area contributed by atoms with Gasteiger partial charge < -0.3 is 9.84 Å². The summed E-state index contributed by atoms with van der Waals surface area (Å²) in [5.41, 5.74) is -0.766. The van der Waals surface area contributed by atoms with E-state index in [1.165, 1.54) is 18.2 Å². The maximum absolute atomic E-state index is 12.8. The first-order valence-corrected chi connectivity index (χ1v) is 9.20. The summed E-state index contributed by atoms with van der Waals surface area (Å²) in [5, 5.41) is 9.00.